The molecule has 5 heteroatoms. The van der Waals surface area contributed by atoms with Crippen LogP contribution in [0.3, 0.4) is 0 Å². The Hall–Kier alpha value is -2.82. The number of nitrogens with two attached hydrogens (primary N) is 1. The van der Waals surface area contributed by atoms with Gasteiger partial charge in [-0.2, -0.15) is 5.10 Å². The summed E-state index contributed by atoms with van der Waals surface area (Å²) in [6.45, 7) is 6.10. The molecule has 0 unspecified atom stereocenters. The van der Waals surface area contributed by atoms with E-state index in [4.69, 9.17) is 5.73 Å². The number of imidazole rings is 1. The molecule has 2 heterocycles. The molecular formula is C17H19N5. The third-order valence-corrected chi connectivity index (χ3v) is 3.59. The van der Waals surface area contributed by atoms with Crippen molar-refractivity contribution in [2.45, 2.75) is 20.8 Å². The van der Waals surface area contributed by atoms with Crippen LogP contribution >= 0.6 is 0 Å². The smallest absolute Gasteiger partial charge is 0.221 e. The van der Waals surface area contributed by atoms with E-state index in [2.05, 4.69) is 52.8 Å². The highest BCUT2D eigenvalue weighted by Gasteiger charge is 2.03. The van der Waals surface area contributed by atoms with Crippen LogP contribution in [0.15, 0.2) is 47.7 Å². The van der Waals surface area contributed by atoms with E-state index >= 15 is 0 Å². The topological polar surface area (TPSA) is 61.1 Å². The normalized spacial score (nSPS) is 11.4. The van der Waals surface area contributed by atoms with Gasteiger partial charge in [-0.05, 0) is 50.6 Å². The van der Waals surface area contributed by atoms with Crippen molar-refractivity contribution in [3.05, 3.63) is 65.2 Å². The van der Waals surface area contributed by atoms with Gasteiger partial charge in [-0.25, -0.2) is 9.66 Å². The molecule has 5 nitrogen and oxygen atoms in total. The van der Waals surface area contributed by atoms with E-state index in [1.807, 2.05) is 19.1 Å². The van der Waals surface area contributed by atoms with Gasteiger partial charge < -0.3 is 10.3 Å². The van der Waals surface area contributed by atoms with Crippen LogP contribution in [-0.4, -0.2) is 20.4 Å². The highest BCUT2D eigenvalue weighted by Crippen LogP contribution is 2.16. The number of hydrogen-bond donors (Lipinski definition) is 1. The van der Waals surface area contributed by atoms with Crippen LogP contribution < -0.4 is 5.73 Å². The lowest BCUT2D eigenvalue weighted by molar-refractivity contribution is 0.897. The molecule has 112 valence electrons. The van der Waals surface area contributed by atoms with Crippen LogP contribution in [0.4, 0.5) is 5.95 Å². The van der Waals surface area contributed by atoms with E-state index < -0.39 is 0 Å². The van der Waals surface area contributed by atoms with E-state index in [1.54, 1.807) is 17.1 Å². The lowest BCUT2D eigenvalue weighted by atomic mass is 10.2. The Bertz CT molecular complexity index is 802. The molecule has 0 amide bonds. The Kier molecular flexibility index (Phi) is 3.55. The molecule has 0 aliphatic rings. The summed E-state index contributed by atoms with van der Waals surface area (Å²) in [4.78, 5) is 4.11. The Morgan fingerprint density at radius 2 is 1.64 bits per heavy atom. The van der Waals surface area contributed by atoms with Crippen molar-refractivity contribution in [3.63, 3.8) is 0 Å². The second-order valence-electron chi connectivity index (χ2n) is 5.37. The number of hydrogen-bond acceptors (Lipinski definition) is 3. The van der Waals surface area contributed by atoms with Crippen molar-refractivity contribution < 1.29 is 0 Å². The number of aromatic nitrogens is 3. The van der Waals surface area contributed by atoms with Gasteiger partial charge in [0, 0.05) is 17.1 Å². The zero-order valence-corrected chi connectivity index (χ0v) is 13.0. The highest BCUT2D eigenvalue weighted by molar-refractivity contribution is 5.80. The molecule has 0 atom stereocenters. The third-order valence-electron chi connectivity index (χ3n) is 3.59. The van der Waals surface area contributed by atoms with Crippen molar-refractivity contribution >= 4 is 12.2 Å². The number of benzene rings is 1. The van der Waals surface area contributed by atoms with E-state index in [0.717, 1.165) is 16.9 Å². The van der Waals surface area contributed by atoms with Crippen LogP contribution in [0, 0.1) is 20.8 Å². The molecule has 0 bridgehead atoms. The van der Waals surface area contributed by atoms with Gasteiger partial charge >= 0.3 is 0 Å². The van der Waals surface area contributed by atoms with Crippen molar-refractivity contribution in [2.24, 2.45) is 5.10 Å². The van der Waals surface area contributed by atoms with Gasteiger partial charge in [0.2, 0.25) is 5.95 Å². The average molecular weight is 293 g/mol. The monoisotopic (exact) mass is 293 g/mol. The Labute approximate surface area is 129 Å². The molecule has 0 saturated carbocycles. The van der Waals surface area contributed by atoms with Crippen LogP contribution in [0.1, 0.15) is 22.6 Å². The minimum Gasteiger partial charge on any atom is -0.368 e. The molecule has 1 aromatic carbocycles. The summed E-state index contributed by atoms with van der Waals surface area (Å²) in [5, 5.41) is 4.32. The van der Waals surface area contributed by atoms with E-state index in [9.17, 15) is 0 Å². The lowest BCUT2D eigenvalue weighted by Crippen LogP contribution is -1.99. The first-order valence-corrected chi connectivity index (χ1v) is 7.16. The minimum absolute atomic E-state index is 0.393. The molecule has 2 aromatic heterocycles. The largest absolute Gasteiger partial charge is 0.368 e. The summed E-state index contributed by atoms with van der Waals surface area (Å²) < 4.78 is 3.79. The van der Waals surface area contributed by atoms with E-state index in [1.165, 1.54) is 11.4 Å². The van der Waals surface area contributed by atoms with E-state index in [-0.39, 0.29) is 0 Å². The van der Waals surface area contributed by atoms with Crippen LogP contribution in [0.25, 0.3) is 5.69 Å². The Morgan fingerprint density at radius 3 is 2.18 bits per heavy atom. The summed E-state index contributed by atoms with van der Waals surface area (Å²) in [6.07, 6.45) is 3.57. The van der Waals surface area contributed by atoms with E-state index in [0.29, 0.717) is 5.95 Å². The standard InChI is InChI=1S/C17H19N5/c1-12-11-21(17(18)20-12)19-10-15-6-8-16(9-7-15)22-13(2)4-5-14(22)3/h4-11H,1-3H3,(H2,18,20). The van der Waals surface area contributed by atoms with Gasteiger partial charge in [0.05, 0.1) is 18.1 Å². The second-order valence-corrected chi connectivity index (χ2v) is 5.37. The van der Waals surface area contributed by atoms with Crippen molar-refractivity contribution in [1.29, 1.82) is 0 Å². The maximum atomic E-state index is 5.76. The zero-order valence-electron chi connectivity index (χ0n) is 13.0. The van der Waals surface area contributed by atoms with Crippen LogP contribution in [-0.2, 0) is 0 Å². The fourth-order valence-corrected chi connectivity index (χ4v) is 2.51. The van der Waals surface area contributed by atoms with Crippen molar-refractivity contribution in [2.75, 3.05) is 5.73 Å². The third kappa shape index (κ3) is 2.65. The summed E-state index contributed by atoms with van der Waals surface area (Å²) in [6, 6.07) is 12.5. The molecular weight excluding hydrogens is 274 g/mol. The first kappa shape index (κ1) is 14.1. The van der Waals surface area contributed by atoms with Crippen LogP contribution in [0.2, 0.25) is 0 Å². The summed E-state index contributed by atoms with van der Waals surface area (Å²) in [7, 11) is 0. The first-order chi connectivity index (χ1) is 10.5. The SMILES string of the molecule is Cc1cn(N=Cc2ccc(-n3c(C)ccc3C)cc2)c(N)n1. The first-order valence-electron chi connectivity index (χ1n) is 7.16. The van der Waals surface area contributed by atoms with Gasteiger partial charge in [-0.3, -0.25) is 0 Å². The van der Waals surface area contributed by atoms with Gasteiger partial charge in [0.25, 0.3) is 0 Å². The van der Waals surface area contributed by atoms with Crippen molar-refractivity contribution in [3.8, 4) is 5.69 Å². The van der Waals surface area contributed by atoms with Crippen molar-refractivity contribution in [1.82, 2.24) is 14.2 Å². The highest BCUT2D eigenvalue weighted by atomic mass is 15.4. The number of aryl methyl sites for hydroxylation is 3. The number of anilines is 1. The number of nitrogen functional groups attached to an aromatic ring is 1. The summed E-state index contributed by atoms with van der Waals surface area (Å²) in [5.74, 6) is 0.393. The molecule has 2 N–H and O–H groups in total. The van der Waals surface area contributed by atoms with Gasteiger partial charge in [0.15, 0.2) is 0 Å². The fraction of sp³-hybridized carbons (Fsp3) is 0.176. The molecule has 0 saturated heterocycles. The molecule has 0 fully saturated rings. The quantitative estimate of drug-likeness (QED) is 0.754. The maximum absolute atomic E-state index is 5.76. The summed E-state index contributed by atoms with van der Waals surface area (Å²) >= 11 is 0. The molecule has 0 aliphatic heterocycles. The van der Waals surface area contributed by atoms with Gasteiger partial charge in [-0.15, -0.1) is 0 Å². The minimum atomic E-state index is 0.393. The molecule has 3 rings (SSSR count). The van der Waals surface area contributed by atoms with Gasteiger partial charge in [-0.1, -0.05) is 12.1 Å². The average Bonchev–Trinajstić information content (AvgIpc) is 2.99. The Morgan fingerprint density at radius 1 is 1.00 bits per heavy atom. The molecule has 0 radical (unpaired) electrons. The fourth-order valence-electron chi connectivity index (χ4n) is 2.51. The maximum Gasteiger partial charge on any atom is 0.221 e. The Balaban J connectivity index is 1.84. The lowest BCUT2D eigenvalue weighted by Gasteiger charge is -2.09. The molecule has 3 aromatic rings. The second kappa shape index (κ2) is 5.52. The predicted molar refractivity (Wildman–Crippen MR) is 89.6 cm³/mol. The zero-order chi connectivity index (χ0) is 15.7. The molecule has 0 aliphatic carbocycles. The molecule has 22 heavy (non-hydrogen) atoms. The number of nitrogens with zero attached hydrogens (tertiary/aromatic N) is 4. The number of rotatable bonds is 3. The predicted octanol–water partition coefficient (Wildman–Crippen LogP) is 3.06. The van der Waals surface area contributed by atoms with Gasteiger partial charge in [0.1, 0.15) is 0 Å². The molecule has 0 spiro atoms. The summed E-state index contributed by atoms with van der Waals surface area (Å²) in [5.41, 5.74) is 11.2. The van der Waals surface area contributed by atoms with Crippen LogP contribution in [0.5, 0.6) is 0 Å².